The number of piperidine rings is 1. The van der Waals surface area contributed by atoms with Crippen LogP contribution >= 0.6 is 0 Å². The van der Waals surface area contributed by atoms with Crippen molar-refractivity contribution in [2.45, 2.75) is 31.8 Å². The van der Waals surface area contributed by atoms with Gasteiger partial charge in [0.15, 0.2) is 0 Å². The Morgan fingerprint density at radius 2 is 1.67 bits per heavy atom. The smallest absolute Gasteiger partial charge is 0.306 e. The molecule has 0 spiro atoms. The molecule has 154 valence electrons. The Bertz CT molecular complexity index is 1010. The molecule has 0 amide bonds. The molecule has 3 nitrogen and oxygen atoms in total. The maximum atomic E-state index is 12.1. The standard InChI is InChI=1S/C27H29NO2/c1-2-26(29)30-27(24-14-4-3-5-15-24)17-20-28(21-18-27)19-9-13-23-12-8-11-22-10-6-7-16-25(22)23/h3-16H,2,17-21H2,1H3. The van der Waals surface area contributed by atoms with Gasteiger partial charge < -0.3 is 4.74 Å². The van der Waals surface area contributed by atoms with E-state index in [0.717, 1.165) is 38.0 Å². The molecule has 0 radical (unpaired) electrons. The van der Waals surface area contributed by atoms with Crippen LogP contribution in [-0.4, -0.2) is 30.5 Å². The summed E-state index contributed by atoms with van der Waals surface area (Å²) in [5, 5.41) is 2.55. The van der Waals surface area contributed by atoms with Crippen molar-refractivity contribution in [3.63, 3.8) is 0 Å². The normalized spacial score (nSPS) is 16.7. The number of esters is 1. The third-order valence-corrected chi connectivity index (χ3v) is 6.05. The van der Waals surface area contributed by atoms with E-state index in [9.17, 15) is 4.79 Å². The molecular formula is C27H29NO2. The third-order valence-electron chi connectivity index (χ3n) is 6.05. The number of fused-ring (bicyclic) bond motifs is 1. The summed E-state index contributed by atoms with van der Waals surface area (Å²) >= 11 is 0. The first kappa shape index (κ1) is 20.4. The number of rotatable bonds is 6. The Morgan fingerprint density at radius 3 is 2.43 bits per heavy atom. The molecule has 3 aromatic rings. The van der Waals surface area contributed by atoms with Crippen LogP contribution in [0.1, 0.15) is 37.3 Å². The van der Waals surface area contributed by atoms with Gasteiger partial charge in [0.1, 0.15) is 5.60 Å². The number of benzene rings is 3. The molecule has 1 aliphatic heterocycles. The van der Waals surface area contributed by atoms with Crippen LogP contribution in [0.4, 0.5) is 0 Å². The molecule has 4 rings (SSSR count). The topological polar surface area (TPSA) is 29.5 Å². The van der Waals surface area contributed by atoms with Crippen molar-refractivity contribution >= 4 is 22.8 Å². The fourth-order valence-electron chi connectivity index (χ4n) is 4.30. The number of ether oxygens (including phenoxy) is 1. The lowest BCUT2D eigenvalue weighted by Gasteiger charge is -2.41. The number of nitrogens with zero attached hydrogens (tertiary/aromatic N) is 1. The second-order valence-corrected chi connectivity index (χ2v) is 7.96. The molecule has 0 aromatic heterocycles. The summed E-state index contributed by atoms with van der Waals surface area (Å²) in [5.74, 6) is -0.122. The van der Waals surface area contributed by atoms with Gasteiger partial charge in [-0.2, -0.15) is 0 Å². The summed E-state index contributed by atoms with van der Waals surface area (Å²) < 4.78 is 6.00. The quantitative estimate of drug-likeness (QED) is 0.491. The zero-order chi connectivity index (χ0) is 20.8. The zero-order valence-electron chi connectivity index (χ0n) is 17.6. The van der Waals surface area contributed by atoms with Gasteiger partial charge in [-0.3, -0.25) is 9.69 Å². The van der Waals surface area contributed by atoms with Crippen molar-refractivity contribution in [1.29, 1.82) is 0 Å². The van der Waals surface area contributed by atoms with Gasteiger partial charge in [0.05, 0.1) is 0 Å². The summed E-state index contributed by atoms with van der Waals surface area (Å²) in [6.07, 6.45) is 6.52. The van der Waals surface area contributed by atoms with E-state index in [1.54, 1.807) is 0 Å². The lowest BCUT2D eigenvalue weighted by atomic mass is 9.84. The van der Waals surface area contributed by atoms with Crippen molar-refractivity contribution in [2.75, 3.05) is 19.6 Å². The second kappa shape index (κ2) is 9.27. The van der Waals surface area contributed by atoms with Crippen LogP contribution < -0.4 is 0 Å². The zero-order valence-corrected chi connectivity index (χ0v) is 17.6. The summed E-state index contributed by atoms with van der Waals surface area (Å²) in [4.78, 5) is 14.6. The maximum absolute atomic E-state index is 12.1. The summed E-state index contributed by atoms with van der Waals surface area (Å²) in [6, 6.07) is 25.1. The van der Waals surface area contributed by atoms with Crippen LogP contribution in [0, 0.1) is 0 Å². The highest BCUT2D eigenvalue weighted by molar-refractivity contribution is 5.90. The summed E-state index contributed by atoms with van der Waals surface area (Å²) in [5.41, 5.74) is 1.86. The van der Waals surface area contributed by atoms with Gasteiger partial charge in [-0.15, -0.1) is 0 Å². The van der Waals surface area contributed by atoms with Gasteiger partial charge in [-0.1, -0.05) is 91.9 Å². The summed E-state index contributed by atoms with van der Waals surface area (Å²) in [7, 11) is 0. The third kappa shape index (κ3) is 4.47. The predicted octanol–water partition coefficient (Wildman–Crippen LogP) is 5.80. The molecule has 0 aliphatic carbocycles. The van der Waals surface area contributed by atoms with E-state index >= 15 is 0 Å². The molecule has 30 heavy (non-hydrogen) atoms. The Hall–Kier alpha value is -2.91. The minimum atomic E-state index is -0.496. The van der Waals surface area contributed by atoms with Crippen molar-refractivity contribution in [2.24, 2.45) is 0 Å². The second-order valence-electron chi connectivity index (χ2n) is 7.96. The van der Waals surface area contributed by atoms with Gasteiger partial charge in [0.25, 0.3) is 0 Å². The van der Waals surface area contributed by atoms with Gasteiger partial charge in [0, 0.05) is 38.9 Å². The fourth-order valence-corrected chi connectivity index (χ4v) is 4.30. The molecule has 1 saturated heterocycles. The highest BCUT2D eigenvalue weighted by atomic mass is 16.6. The van der Waals surface area contributed by atoms with E-state index in [2.05, 4.69) is 71.6 Å². The van der Waals surface area contributed by atoms with Crippen LogP contribution in [-0.2, 0) is 15.1 Å². The van der Waals surface area contributed by atoms with Gasteiger partial charge in [-0.25, -0.2) is 0 Å². The SMILES string of the molecule is CCC(=O)OC1(c2ccccc2)CCN(CC=Cc2cccc3ccccc23)CC1. The van der Waals surface area contributed by atoms with Crippen LogP contribution in [0.2, 0.25) is 0 Å². The first-order valence-corrected chi connectivity index (χ1v) is 10.8. The van der Waals surface area contributed by atoms with Crippen LogP contribution in [0.25, 0.3) is 16.8 Å². The van der Waals surface area contributed by atoms with Crippen LogP contribution in [0.15, 0.2) is 78.9 Å². The van der Waals surface area contributed by atoms with Crippen LogP contribution in [0.5, 0.6) is 0 Å². The Balaban J connectivity index is 1.43. The van der Waals surface area contributed by atoms with Crippen molar-refractivity contribution in [3.05, 3.63) is 90.0 Å². The van der Waals surface area contributed by atoms with Crippen LogP contribution in [0.3, 0.4) is 0 Å². The lowest BCUT2D eigenvalue weighted by molar-refractivity contribution is -0.166. The number of carbonyl (C=O) groups excluding carboxylic acids is 1. The van der Waals surface area contributed by atoms with Gasteiger partial charge in [0.2, 0.25) is 0 Å². The van der Waals surface area contributed by atoms with Crippen molar-refractivity contribution in [3.8, 4) is 0 Å². The highest BCUT2D eigenvalue weighted by Gasteiger charge is 2.39. The Morgan fingerprint density at radius 1 is 0.967 bits per heavy atom. The Kier molecular flexibility index (Phi) is 6.29. The predicted molar refractivity (Wildman–Crippen MR) is 123 cm³/mol. The highest BCUT2D eigenvalue weighted by Crippen LogP contribution is 2.37. The molecule has 0 atom stereocenters. The molecule has 0 saturated carbocycles. The maximum Gasteiger partial charge on any atom is 0.306 e. The molecule has 0 N–H and O–H groups in total. The molecular weight excluding hydrogens is 370 g/mol. The van der Waals surface area contributed by atoms with E-state index < -0.39 is 5.60 Å². The van der Waals surface area contributed by atoms with E-state index in [0.29, 0.717) is 6.42 Å². The first-order chi connectivity index (χ1) is 14.7. The number of hydrogen-bond donors (Lipinski definition) is 0. The minimum absolute atomic E-state index is 0.122. The largest absolute Gasteiger partial charge is 0.454 e. The molecule has 1 fully saturated rings. The molecule has 1 heterocycles. The van der Waals surface area contributed by atoms with E-state index in [1.807, 2.05) is 25.1 Å². The summed E-state index contributed by atoms with van der Waals surface area (Å²) in [6.45, 7) is 4.57. The van der Waals surface area contributed by atoms with E-state index in [-0.39, 0.29) is 5.97 Å². The molecule has 0 bridgehead atoms. The molecule has 3 aromatic carbocycles. The van der Waals surface area contributed by atoms with E-state index in [1.165, 1.54) is 16.3 Å². The number of hydrogen-bond acceptors (Lipinski definition) is 3. The number of likely N-dealkylation sites (tertiary alicyclic amines) is 1. The van der Waals surface area contributed by atoms with Crippen molar-refractivity contribution < 1.29 is 9.53 Å². The average molecular weight is 400 g/mol. The Labute approximate surface area is 179 Å². The minimum Gasteiger partial charge on any atom is -0.454 e. The molecule has 3 heteroatoms. The van der Waals surface area contributed by atoms with E-state index in [4.69, 9.17) is 4.74 Å². The van der Waals surface area contributed by atoms with Gasteiger partial charge in [-0.05, 0) is 21.9 Å². The lowest BCUT2D eigenvalue weighted by Crippen LogP contribution is -2.45. The molecule has 0 unspecified atom stereocenters. The fraction of sp³-hybridized carbons (Fsp3) is 0.296. The molecule has 1 aliphatic rings. The first-order valence-electron chi connectivity index (χ1n) is 10.8. The monoisotopic (exact) mass is 399 g/mol. The number of carbonyl (C=O) groups is 1. The van der Waals surface area contributed by atoms with Crippen molar-refractivity contribution in [1.82, 2.24) is 4.90 Å². The van der Waals surface area contributed by atoms with Gasteiger partial charge >= 0.3 is 5.97 Å². The average Bonchev–Trinajstić information content (AvgIpc) is 2.81.